The van der Waals surface area contributed by atoms with E-state index in [1.54, 1.807) is 36.5 Å². The summed E-state index contributed by atoms with van der Waals surface area (Å²) in [4.78, 5) is 23.3. The number of hydrogen-bond donors (Lipinski definition) is 3. The van der Waals surface area contributed by atoms with Crippen molar-refractivity contribution in [3.8, 4) is 17.0 Å². The highest BCUT2D eigenvalue weighted by atomic mass is 79.9. The topological polar surface area (TPSA) is 122 Å². The van der Waals surface area contributed by atoms with E-state index < -0.39 is 5.91 Å². The third kappa shape index (κ3) is 5.74. The Hall–Kier alpha value is -3.05. The SMILES string of the molecule is CC(=O)Nc1cccc(-c2cn(CC(=O)NN=Cc3cc(Br)cc(Br)c3O)nn2)c1. The van der Waals surface area contributed by atoms with Crippen LogP contribution in [0.2, 0.25) is 0 Å². The lowest BCUT2D eigenvalue weighted by Gasteiger charge is -2.03. The summed E-state index contributed by atoms with van der Waals surface area (Å²) in [6, 6.07) is 10.5. The minimum absolute atomic E-state index is 0.0126. The van der Waals surface area contributed by atoms with Gasteiger partial charge in [0, 0.05) is 28.2 Å². The number of carbonyl (C=O) groups is 2. The number of halogens is 2. The fourth-order valence-electron chi connectivity index (χ4n) is 2.51. The maximum atomic E-state index is 12.1. The van der Waals surface area contributed by atoms with E-state index >= 15 is 0 Å². The Morgan fingerprint density at radius 2 is 2.07 bits per heavy atom. The number of anilines is 1. The number of rotatable bonds is 6. The molecule has 0 aliphatic heterocycles. The van der Waals surface area contributed by atoms with E-state index in [1.165, 1.54) is 17.8 Å². The summed E-state index contributed by atoms with van der Waals surface area (Å²) in [5.41, 5.74) is 4.76. The van der Waals surface area contributed by atoms with Crippen LogP contribution in [0.5, 0.6) is 5.75 Å². The second-order valence-corrected chi connectivity index (χ2v) is 7.95. The maximum absolute atomic E-state index is 12.1. The van der Waals surface area contributed by atoms with Gasteiger partial charge in [-0.2, -0.15) is 5.10 Å². The Morgan fingerprint density at radius 1 is 1.27 bits per heavy atom. The zero-order valence-electron chi connectivity index (χ0n) is 15.6. The molecule has 3 N–H and O–H groups in total. The van der Waals surface area contributed by atoms with Crippen LogP contribution in [0.15, 0.2) is 56.6 Å². The molecule has 154 valence electrons. The van der Waals surface area contributed by atoms with E-state index in [2.05, 4.69) is 58.0 Å². The Labute approximate surface area is 188 Å². The quantitative estimate of drug-likeness (QED) is 0.330. The normalized spacial score (nSPS) is 10.9. The van der Waals surface area contributed by atoms with Crippen molar-refractivity contribution in [2.24, 2.45) is 5.10 Å². The van der Waals surface area contributed by atoms with Gasteiger partial charge in [0.15, 0.2) is 0 Å². The minimum Gasteiger partial charge on any atom is -0.506 e. The average molecular weight is 536 g/mol. The van der Waals surface area contributed by atoms with Crippen molar-refractivity contribution in [1.29, 1.82) is 0 Å². The van der Waals surface area contributed by atoms with Crippen molar-refractivity contribution in [3.05, 3.63) is 57.1 Å². The molecular formula is C19H16Br2N6O3. The fourth-order valence-corrected chi connectivity index (χ4v) is 3.77. The molecule has 0 aliphatic rings. The zero-order chi connectivity index (χ0) is 21.7. The first kappa shape index (κ1) is 21.7. The van der Waals surface area contributed by atoms with Crippen LogP contribution in [-0.4, -0.2) is 38.1 Å². The van der Waals surface area contributed by atoms with E-state index in [0.29, 0.717) is 21.4 Å². The Kier molecular flexibility index (Phi) is 6.95. The summed E-state index contributed by atoms with van der Waals surface area (Å²) in [5, 5.41) is 24.5. The summed E-state index contributed by atoms with van der Waals surface area (Å²) in [5.74, 6) is -0.571. The number of nitrogens with one attached hydrogen (secondary N) is 2. The van der Waals surface area contributed by atoms with Crippen LogP contribution in [0.25, 0.3) is 11.3 Å². The molecule has 2 aromatic carbocycles. The largest absolute Gasteiger partial charge is 0.506 e. The van der Waals surface area contributed by atoms with Crippen molar-refractivity contribution in [2.75, 3.05) is 5.32 Å². The standard InChI is InChI=1S/C19H16Br2N6O3/c1-11(28)23-15-4-2-3-12(6-15)17-9-27(26-24-17)10-18(29)25-22-8-13-5-14(20)7-16(21)19(13)30/h2-9,30H,10H2,1H3,(H,23,28)(H,25,29). The van der Waals surface area contributed by atoms with Gasteiger partial charge in [-0.05, 0) is 40.2 Å². The lowest BCUT2D eigenvalue weighted by atomic mass is 10.1. The van der Waals surface area contributed by atoms with Crippen LogP contribution >= 0.6 is 31.9 Å². The molecule has 0 fully saturated rings. The molecule has 0 radical (unpaired) electrons. The first-order valence-electron chi connectivity index (χ1n) is 8.60. The molecule has 0 saturated carbocycles. The smallest absolute Gasteiger partial charge is 0.261 e. The van der Waals surface area contributed by atoms with Crippen LogP contribution in [0, 0.1) is 0 Å². The van der Waals surface area contributed by atoms with Crippen LogP contribution in [0.4, 0.5) is 5.69 Å². The molecule has 2 amide bonds. The lowest BCUT2D eigenvalue weighted by Crippen LogP contribution is -2.23. The van der Waals surface area contributed by atoms with Crippen LogP contribution in [0.1, 0.15) is 12.5 Å². The van der Waals surface area contributed by atoms with E-state index in [-0.39, 0.29) is 18.2 Å². The maximum Gasteiger partial charge on any atom is 0.261 e. The van der Waals surface area contributed by atoms with Gasteiger partial charge in [0.05, 0.1) is 16.9 Å². The van der Waals surface area contributed by atoms with Crippen molar-refractivity contribution >= 4 is 55.6 Å². The van der Waals surface area contributed by atoms with Gasteiger partial charge in [-0.15, -0.1) is 5.10 Å². The lowest BCUT2D eigenvalue weighted by molar-refractivity contribution is -0.121. The summed E-state index contributed by atoms with van der Waals surface area (Å²) in [7, 11) is 0. The fraction of sp³-hybridized carbons (Fsp3) is 0.105. The molecule has 9 nitrogen and oxygen atoms in total. The van der Waals surface area contributed by atoms with E-state index in [4.69, 9.17) is 0 Å². The monoisotopic (exact) mass is 534 g/mol. The average Bonchev–Trinajstić information content (AvgIpc) is 3.13. The van der Waals surface area contributed by atoms with Crippen LogP contribution in [-0.2, 0) is 16.1 Å². The number of aromatic nitrogens is 3. The molecule has 0 atom stereocenters. The number of phenols is 1. The van der Waals surface area contributed by atoms with Gasteiger partial charge < -0.3 is 10.4 Å². The second kappa shape index (κ2) is 9.63. The molecule has 1 heterocycles. The Balaban J connectivity index is 1.62. The molecule has 3 aromatic rings. The molecule has 0 aliphatic carbocycles. The number of nitrogens with zero attached hydrogens (tertiary/aromatic N) is 4. The highest BCUT2D eigenvalue weighted by molar-refractivity contribution is 9.11. The molecule has 1 aromatic heterocycles. The van der Waals surface area contributed by atoms with Gasteiger partial charge in [0.25, 0.3) is 5.91 Å². The summed E-state index contributed by atoms with van der Waals surface area (Å²) >= 11 is 6.55. The number of hydrazone groups is 1. The molecular weight excluding hydrogens is 520 g/mol. The number of benzene rings is 2. The highest BCUT2D eigenvalue weighted by Crippen LogP contribution is 2.30. The summed E-state index contributed by atoms with van der Waals surface area (Å²) in [6.07, 6.45) is 2.95. The van der Waals surface area contributed by atoms with Gasteiger partial charge in [0.2, 0.25) is 5.91 Å². The van der Waals surface area contributed by atoms with Crippen molar-refractivity contribution in [3.63, 3.8) is 0 Å². The molecule has 30 heavy (non-hydrogen) atoms. The molecule has 0 unspecified atom stereocenters. The third-order valence-electron chi connectivity index (χ3n) is 3.77. The first-order chi connectivity index (χ1) is 14.3. The number of carbonyl (C=O) groups excluding carboxylic acids is 2. The molecule has 11 heteroatoms. The Morgan fingerprint density at radius 3 is 2.83 bits per heavy atom. The molecule has 3 rings (SSSR count). The van der Waals surface area contributed by atoms with Crippen molar-refractivity contribution in [1.82, 2.24) is 20.4 Å². The van der Waals surface area contributed by atoms with Gasteiger partial charge >= 0.3 is 0 Å². The predicted molar refractivity (Wildman–Crippen MR) is 119 cm³/mol. The van der Waals surface area contributed by atoms with E-state index in [1.807, 2.05) is 6.07 Å². The predicted octanol–water partition coefficient (Wildman–Crippen LogP) is 3.28. The van der Waals surface area contributed by atoms with Gasteiger partial charge in [0.1, 0.15) is 18.0 Å². The number of aromatic hydroxyl groups is 1. The van der Waals surface area contributed by atoms with E-state index in [9.17, 15) is 14.7 Å². The number of phenolic OH excluding ortho intramolecular Hbond substituents is 1. The van der Waals surface area contributed by atoms with Crippen LogP contribution in [0.3, 0.4) is 0 Å². The number of hydrogen-bond acceptors (Lipinski definition) is 6. The van der Waals surface area contributed by atoms with Gasteiger partial charge in [-0.1, -0.05) is 33.3 Å². The van der Waals surface area contributed by atoms with E-state index in [0.717, 1.165) is 10.0 Å². The molecule has 0 saturated heterocycles. The van der Waals surface area contributed by atoms with Crippen LogP contribution < -0.4 is 10.7 Å². The Bertz CT molecular complexity index is 1130. The first-order valence-corrected chi connectivity index (χ1v) is 10.2. The zero-order valence-corrected chi connectivity index (χ0v) is 18.8. The summed E-state index contributed by atoms with van der Waals surface area (Å²) < 4.78 is 2.62. The third-order valence-corrected chi connectivity index (χ3v) is 4.84. The number of amides is 2. The highest BCUT2D eigenvalue weighted by Gasteiger charge is 2.09. The van der Waals surface area contributed by atoms with Gasteiger partial charge in [-0.25, -0.2) is 10.1 Å². The second-order valence-electron chi connectivity index (χ2n) is 6.18. The van der Waals surface area contributed by atoms with Crippen molar-refractivity contribution in [2.45, 2.75) is 13.5 Å². The van der Waals surface area contributed by atoms with Gasteiger partial charge in [-0.3, -0.25) is 9.59 Å². The molecule has 0 bridgehead atoms. The van der Waals surface area contributed by atoms with Crippen molar-refractivity contribution < 1.29 is 14.7 Å². The molecule has 0 spiro atoms. The minimum atomic E-state index is -0.414. The summed E-state index contributed by atoms with van der Waals surface area (Å²) in [6.45, 7) is 1.34.